The van der Waals surface area contributed by atoms with Crippen LogP contribution in [0.3, 0.4) is 0 Å². The van der Waals surface area contributed by atoms with Crippen molar-refractivity contribution < 1.29 is 19.1 Å². The van der Waals surface area contributed by atoms with Crippen molar-refractivity contribution in [2.75, 3.05) is 0 Å². The van der Waals surface area contributed by atoms with Gasteiger partial charge < -0.3 is 10.4 Å². The predicted molar refractivity (Wildman–Crippen MR) is 82.4 cm³/mol. The summed E-state index contributed by atoms with van der Waals surface area (Å²) in [6.45, 7) is 1.95. The molecule has 6 nitrogen and oxygen atoms in total. The number of nitrogens with zero attached hydrogens (tertiary/aromatic N) is 1. The average molecular weight is 319 g/mol. The fraction of sp³-hybridized carbons (Fsp3) is 0.312. The molecule has 2 rings (SSSR count). The molecule has 23 heavy (non-hydrogen) atoms. The van der Waals surface area contributed by atoms with Crippen LogP contribution in [0.15, 0.2) is 30.5 Å². The molecule has 1 aromatic carbocycles. The zero-order chi connectivity index (χ0) is 16.8. The van der Waals surface area contributed by atoms with E-state index in [0.717, 1.165) is 6.42 Å². The van der Waals surface area contributed by atoms with Crippen molar-refractivity contribution in [3.63, 3.8) is 0 Å². The second-order valence-electron chi connectivity index (χ2n) is 5.17. The minimum atomic E-state index is -1.07. The van der Waals surface area contributed by atoms with E-state index >= 15 is 0 Å². The monoisotopic (exact) mass is 319 g/mol. The van der Waals surface area contributed by atoms with E-state index in [2.05, 4.69) is 15.5 Å². The number of benzene rings is 1. The molecule has 0 saturated carbocycles. The molecule has 122 valence electrons. The normalized spacial score (nSPS) is 11.9. The van der Waals surface area contributed by atoms with Crippen LogP contribution in [0.2, 0.25) is 0 Å². The number of amides is 1. The van der Waals surface area contributed by atoms with Gasteiger partial charge >= 0.3 is 5.97 Å². The van der Waals surface area contributed by atoms with Gasteiger partial charge in [0, 0.05) is 5.56 Å². The van der Waals surface area contributed by atoms with Crippen molar-refractivity contribution in [1.29, 1.82) is 0 Å². The molecule has 1 amide bonds. The topological polar surface area (TPSA) is 95.1 Å². The van der Waals surface area contributed by atoms with Crippen molar-refractivity contribution in [3.8, 4) is 11.3 Å². The van der Waals surface area contributed by atoms with E-state index in [-0.39, 0.29) is 11.4 Å². The lowest BCUT2D eigenvalue weighted by molar-refractivity contribution is -0.139. The van der Waals surface area contributed by atoms with Crippen LogP contribution in [0.5, 0.6) is 0 Å². The van der Waals surface area contributed by atoms with Crippen molar-refractivity contribution >= 4 is 11.9 Å². The van der Waals surface area contributed by atoms with E-state index in [4.69, 9.17) is 0 Å². The van der Waals surface area contributed by atoms with E-state index in [1.54, 1.807) is 0 Å². The molecule has 0 aliphatic carbocycles. The third-order valence-electron chi connectivity index (χ3n) is 3.47. The first kappa shape index (κ1) is 16.7. The van der Waals surface area contributed by atoms with Crippen molar-refractivity contribution in [1.82, 2.24) is 15.5 Å². The summed E-state index contributed by atoms with van der Waals surface area (Å²) in [5.74, 6) is -1.98. The number of nitrogens with one attached hydrogen (secondary N) is 2. The fourth-order valence-corrected chi connectivity index (χ4v) is 2.20. The molecule has 0 bridgehead atoms. The molecule has 0 spiro atoms. The first-order valence-electron chi connectivity index (χ1n) is 7.36. The highest BCUT2D eigenvalue weighted by molar-refractivity contribution is 6.01. The van der Waals surface area contributed by atoms with Gasteiger partial charge in [-0.1, -0.05) is 19.8 Å². The van der Waals surface area contributed by atoms with Gasteiger partial charge in [0.1, 0.15) is 11.9 Å². The maximum Gasteiger partial charge on any atom is 0.326 e. The van der Waals surface area contributed by atoms with Crippen LogP contribution in [0.4, 0.5) is 4.39 Å². The van der Waals surface area contributed by atoms with Crippen LogP contribution in [0.1, 0.15) is 36.5 Å². The zero-order valence-corrected chi connectivity index (χ0v) is 12.7. The van der Waals surface area contributed by atoms with Gasteiger partial charge in [0.15, 0.2) is 0 Å². The molecule has 0 radical (unpaired) electrons. The number of aromatic amines is 1. The maximum absolute atomic E-state index is 13.0. The summed E-state index contributed by atoms with van der Waals surface area (Å²) < 4.78 is 13.0. The Kier molecular flexibility index (Phi) is 5.46. The summed E-state index contributed by atoms with van der Waals surface area (Å²) in [4.78, 5) is 23.6. The summed E-state index contributed by atoms with van der Waals surface area (Å²) >= 11 is 0. The van der Waals surface area contributed by atoms with Gasteiger partial charge in [0.05, 0.1) is 17.5 Å². The van der Waals surface area contributed by atoms with Gasteiger partial charge in [-0.15, -0.1) is 0 Å². The van der Waals surface area contributed by atoms with Crippen LogP contribution in [0.25, 0.3) is 11.3 Å². The SMILES string of the molecule is CCCC[C@H](NC(=O)c1cn[nH]c1-c1ccc(F)cc1)C(=O)O. The summed E-state index contributed by atoms with van der Waals surface area (Å²) in [7, 11) is 0. The molecular formula is C16H18FN3O3. The van der Waals surface area contributed by atoms with Crippen LogP contribution in [-0.4, -0.2) is 33.2 Å². The smallest absolute Gasteiger partial charge is 0.326 e. The number of carboxylic acid groups (broad SMARTS) is 1. The van der Waals surface area contributed by atoms with Crippen molar-refractivity contribution in [2.45, 2.75) is 32.2 Å². The largest absolute Gasteiger partial charge is 0.480 e. The number of aromatic nitrogens is 2. The Labute approximate surface area is 132 Å². The lowest BCUT2D eigenvalue weighted by Crippen LogP contribution is -2.40. The quantitative estimate of drug-likeness (QED) is 0.731. The van der Waals surface area contributed by atoms with Crippen LogP contribution < -0.4 is 5.32 Å². The van der Waals surface area contributed by atoms with E-state index in [1.807, 2.05) is 6.92 Å². The predicted octanol–water partition coefficient (Wildman–Crippen LogP) is 2.59. The lowest BCUT2D eigenvalue weighted by atomic mass is 10.1. The standard InChI is InChI=1S/C16H18FN3O3/c1-2-3-4-13(16(22)23)19-15(21)12-9-18-20-14(12)10-5-7-11(17)8-6-10/h5-9,13H,2-4H2,1H3,(H,18,20)(H,19,21)(H,22,23)/t13-/m0/s1. The van der Waals surface area contributed by atoms with Crippen LogP contribution in [0, 0.1) is 5.82 Å². The van der Waals surface area contributed by atoms with Crippen LogP contribution in [-0.2, 0) is 4.79 Å². The number of carboxylic acids is 1. The molecule has 0 aliphatic heterocycles. The number of carbonyl (C=O) groups is 2. The molecule has 1 heterocycles. The average Bonchev–Trinajstić information content (AvgIpc) is 3.01. The Bertz CT molecular complexity index is 682. The molecular weight excluding hydrogens is 301 g/mol. The summed E-state index contributed by atoms with van der Waals surface area (Å²) in [5.41, 5.74) is 1.23. The Morgan fingerprint density at radius 2 is 2.04 bits per heavy atom. The Morgan fingerprint density at radius 1 is 1.35 bits per heavy atom. The fourth-order valence-electron chi connectivity index (χ4n) is 2.20. The van der Waals surface area contributed by atoms with E-state index < -0.39 is 17.9 Å². The molecule has 1 aromatic heterocycles. The molecule has 3 N–H and O–H groups in total. The first-order chi connectivity index (χ1) is 11.0. The molecule has 0 unspecified atom stereocenters. The highest BCUT2D eigenvalue weighted by atomic mass is 19.1. The number of halogens is 1. The van der Waals surface area contributed by atoms with Crippen molar-refractivity contribution in [3.05, 3.63) is 41.8 Å². The van der Waals surface area contributed by atoms with Gasteiger partial charge in [0.2, 0.25) is 0 Å². The number of rotatable bonds is 7. The number of unbranched alkanes of at least 4 members (excludes halogenated alkanes) is 1. The van der Waals surface area contributed by atoms with Gasteiger partial charge in [0.25, 0.3) is 5.91 Å². The number of carbonyl (C=O) groups excluding carboxylic acids is 1. The third kappa shape index (κ3) is 4.15. The number of hydrogen-bond donors (Lipinski definition) is 3. The Balaban J connectivity index is 2.18. The van der Waals surface area contributed by atoms with E-state index in [0.29, 0.717) is 24.1 Å². The minimum Gasteiger partial charge on any atom is -0.480 e. The molecule has 1 atom stereocenters. The first-order valence-corrected chi connectivity index (χ1v) is 7.36. The molecule has 7 heteroatoms. The Hall–Kier alpha value is -2.70. The summed E-state index contributed by atoms with van der Waals surface area (Å²) in [6.07, 6.45) is 3.23. The number of hydrogen-bond acceptors (Lipinski definition) is 3. The Morgan fingerprint density at radius 3 is 2.65 bits per heavy atom. The highest BCUT2D eigenvalue weighted by Gasteiger charge is 2.22. The van der Waals surface area contributed by atoms with Gasteiger partial charge in [-0.25, -0.2) is 9.18 Å². The van der Waals surface area contributed by atoms with Gasteiger partial charge in [-0.3, -0.25) is 9.89 Å². The maximum atomic E-state index is 13.0. The molecule has 0 fully saturated rings. The van der Waals surface area contributed by atoms with Crippen molar-refractivity contribution in [2.24, 2.45) is 0 Å². The summed E-state index contributed by atoms with van der Waals surface area (Å²) in [6, 6.07) is 4.65. The number of aliphatic carboxylic acids is 1. The van der Waals surface area contributed by atoms with Gasteiger partial charge in [-0.2, -0.15) is 5.10 Å². The zero-order valence-electron chi connectivity index (χ0n) is 12.7. The second-order valence-corrected chi connectivity index (χ2v) is 5.17. The lowest BCUT2D eigenvalue weighted by Gasteiger charge is -2.14. The minimum absolute atomic E-state index is 0.222. The third-order valence-corrected chi connectivity index (χ3v) is 3.47. The number of H-pyrrole nitrogens is 1. The van der Waals surface area contributed by atoms with Gasteiger partial charge in [-0.05, 0) is 30.7 Å². The molecule has 2 aromatic rings. The highest BCUT2D eigenvalue weighted by Crippen LogP contribution is 2.21. The van der Waals surface area contributed by atoms with E-state index in [1.165, 1.54) is 30.5 Å². The molecule has 0 saturated heterocycles. The molecule has 0 aliphatic rings. The summed E-state index contributed by atoms with van der Waals surface area (Å²) in [5, 5.41) is 18.2. The second kappa shape index (κ2) is 7.53. The van der Waals surface area contributed by atoms with Crippen LogP contribution >= 0.6 is 0 Å². The van der Waals surface area contributed by atoms with E-state index in [9.17, 15) is 19.1 Å².